The van der Waals surface area contributed by atoms with Crippen LogP contribution in [0.15, 0.2) is 18.2 Å². The quantitative estimate of drug-likeness (QED) is 0.784. The highest BCUT2D eigenvalue weighted by Crippen LogP contribution is 2.65. The number of phenolic OH excluding ortho intramolecular Hbond substituents is 1. The first-order valence-electron chi connectivity index (χ1n) is 5.17. The lowest BCUT2D eigenvalue weighted by Crippen LogP contribution is -2.05. The predicted octanol–water partition coefficient (Wildman–Crippen LogP) is 2.23. The van der Waals surface area contributed by atoms with E-state index in [4.69, 9.17) is 5.73 Å². The molecular weight excluding hydrogens is 193 g/mol. The molecule has 2 atom stereocenters. The van der Waals surface area contributed by atoms with E-state index in [1.165, 1.54) is 18.2 Å². The van der Waals surface area contributed by atoms with Crippen LogP contribution in [0.4, 0.5) is 4.39 Å². The van der Waals surface area contributed by atoms with Gasteiger partial charge in [0, 0.05) is 5.56 Å². The summed E-state index contributed by atoms with van der Waals surface area (Å²) in [6, 6.07) is 4.09. The van der Waals surface area contributed by atoms with Gasteiger partial charge in [0.2, 0.25) is 0 Å². The van der Waals surface area contributed by atoms with Crippen molar-refractivity contribution in [3.8, 4) is 5.75 Å². The summed E-state index contributed by atoms with van der Waals surface area (Å²) in [4.78, 5) is 0. The van der Waals surface area contributed by atoms with Gasteiger partial charge in [-0.3, -0.25) is 0 Å². The van der Waals surface area contributed by atoms with Gasteiger partial charge in [0.25, 0.3) is 0 Å². The topological polar surface area (TPSA) is 46.2 Å². The molecule has 0 aromatic heterocycles. The van der Waals surface area contributed by atoms with E-state index in [-0.39, 0.29) is 22.9 Å². The van der Waals surface area contributed by atoms with Crippen LogP contribution in [0.3, 0.4) is 0 Å². The number of halogens is 1. The third kappa shape index (κ3) is 1.51. The Bertz CT molecular complexity index is 389. The fourth-order valence-electron chi connectivity index (χ4n) is 2.58. The number of nitrogens with two attached hydrogens (primary N) is 1. The van der Waals surface area contributed by atoms with Crippen molar-refractivity contribution in [2.24, 2.45) is 17.1 Å². The Kier molecular flexibility index (Phi) is 2.23. The molecule has 0 amide bonds. The molecule has 1 aliphatic carbocycles. The van der Waals surface area contributed by atoms with Crippen LogP contribution >= 0.6 is 0 Å². The zero-order chi connectivity index (χ0) is 11.2. The molecule has 0 radical (unpaired) electrons. The van der Waals surface area contributed by atoms with E-state index in [1.807, 2.05) is 0 Å². The molecule has 1 fully saturated rings. The molecule has 2 unspecified atom stereocenters. The molecule has 2 nitrogen and oxygen atoms in total. The minimum atomic E-state index is -0.304. The van der Waals surface area contributed by atoms with Crippen LogP contribution < -0.4 is 5.73 Å². The molecule has 0 spiro atoms. The second-order valence-electron chi connectivity index (χ2n) is 4.84. The maximum absolute atomic E-state index is 13.1. The highest BCUT2D eigenvalue weighted by Gasteiger charge is 2.58. The molecule has 0 aliphatic heterocycles. The molecule has 1 saturated carbocycles. The highest BCUT2D eigenvalue weighted by atomic mass is 19.1. The summed E-state index contributed by atoms with van der Waals surface area (Å²) in [6.07, 6.45) is 0. The second kappa shape index (κ2) is 3.20. The molecule has 0 bridgehead atoms. The Morgan fingerprint density at radius 3 is 2.67 bits per heavy atom. The van der Waals surface area contributed by atoms with E-state index < -0.39 is 0 Å². The first kappa shape index (κ1) is 10.4. The molecule has 1 aliphatic rings. The van der Waals surface area contributed by atoms with Gasteiger partial charge >= 0.3 is 0 Å². The van der Waals surface area contributed by atoms with Crippen molar-refractivity contribution in [3.05, 3.63) is 29.6 Å². The van der Waals surface area contributed by atoms with Gasteiger partial charge in [0.15, 0.2) is 0 Å². The van der Waals surface area contributed by atoms with Crippen LogP contribution in [-0.2, 0) is 0 Å². The number of benzene rings is 1. The molecule has 1 aromatic carbocycles. The van der Waals surface area contributed by atoms with Gasteiger partial charge in [0.1, 0.15) is 11.6 Å². The van der Waals surface area contributed by atoms with Gasteiger partial charge in [-0.2, -0.15) is 0 Å². The first-order chi connectivity index (χ1) is 6.98. The van der Waals surface area contributed by atoms with Gasteiger partial charge in [-0.15, -0.1) is 0 Å². The van der Waals surface area contributed by atoms with E-state index in [2.05, 4.69) is 13.8 Å². The largest absolute Gasteiger partial charge is 0.508 e. The van der Waals surface area contributed by atoms with Gasteiger partial charge in [-0.1, -0.05) is 13.8 Å². The molecule has 82 valence electrons. The SMILES string of the molecule is CC1(C)C(CN)C1c1cc(F)ccc1O. The lowest BCUT2D eigenvalue weighted by molar-refractivity contribution is 0.461. The molecule has 15 heavy (non-hydrogen) atoms. The van der Waals surface area contributed by atoms with E-state index in [9.17, 15) is 9.50 Å². The third-order valence-electron chi connectivity index (χ3n) is 3.63. The monoisotopic (exact) mass is 209 g/mol. The average Bonchev–Trinajstić information content (AvgIpc) is 2.72. The number of hydrogen-bond acceptors (Lipinski definition) is 2. The Labute approximate surface area is 88.9 Å². The summed E-state index contributed by atoms with van der Waals surface area (Å²) >= 11 is 0. The third-order valence-corrected chi connectivity index (χ3v) is 3.63. The Hall–Kier alpha value is -1.09. The maximum Gasteiger partial charge on any atom is 0.123 e. The fourth-order valence-corrected chi connectivity index (χ4v) is 2.58. The molecule has 0 saturated heterocycles. The summed E-state index contributed by atoms with van der Waals surface area (Å²) in [6.45, 7) is 4.77. The summed E-state index contributed by atoms with van der Waals surface area (Å²) < 4.78 is 13.1. The molecule has 0 heterocycles. The van der Waals surface area contributed by atoms with Gasteiger partial charge < -0.3 is 10.8 Å². The minimum Gasteiger partial charge on any atom is -0.508 e. The lowest BCUT2D eigenvalue weighted by Gasteiger charge is -2.05. The first-order valence-corrected chi connectivity index (χ1v) is 5.17. The van der Waals surface area contributed by atoms with E-state index >= 15 is 0 Å². The smallest absolute Gasteiger partial charge is 0.123 e. The molecule has 2 rings (SSSR count). The van der Waals surface area contributed by atoms with Crippen molar-refractivity contribution < 1.29 is 9.50 Å². The second-order valence-corrected chi connectivity index (χ2v) is 4.84. The molecule has 1 aromatic rings. The Balaban J connectivity index is 2.36. The van der Waals surface area contributed by atoms with Crippen LogP contribution in [0, 0.1) is 17.2 Å². The van der Waals surface area contributed by atoms with E-state index in [1.54, 1.807) is 0 Å². The Morgan fingerprint density at radius 1 is 1.47 bits per heavy atom. The van der Waals surface area contributed by atoms with Crippen molar-refractivity contribution in [2.75, 3.05) is 6.54 Å². The van der Waals surface area contributed by atoms with Gasteiger partial charge in [-0.25, -0.2) is 4.39 Å². The highest BCUT2D eigenvalue weighted by molar-refractivity contribution is 5.42. The fraction of sp³-hybridized carbons (Fsp3) is 0.500. The summed E-state index contributed by atoms with van der Waals surface area (Å²) in [7, 11) is 0. The van der Waals surface area contributed by atoms with Crippen LogP contribution in [0.25, 0.3) is 0 Å². The predicted molar refractivity (Wildman–Crippen MR) is 57.1 cm³/mol. The van der Waals surface area contributed by atoms with Crippen molar-refractivity contribution >= 4 is 0 Å². The van der Waals surface area contributed by atoms with Crippen molar-refractivity contribution in [3.63, 3.8) is 0 Å². The number of aromatic hydroxyl groups is 1. The van der Waals surface area contributed by atoms with Gasteiger partial charge in [-0.05, 0) is 42.0 Å². The molecule has 3 N–H and O–H groups in total. The van der Waals surface area contributed by atoms with Crippen LogP contribution in [0.2, 0.25) is 0 Å². The molecular formula is C12H16FNO. The maximum atomic E-state index is 13.1. The summed E-state index contributed by atoms with van der Waals surface area (Å²) in [5.41, 5.74) is 6.41. The normalized spacial score (nSPS) is 27.7. The number of hydrogen-bond donors (Lipinski definition) is 2. The van der Waals surface area contributed by atoms with Gasteiger partial charge in [0.05, 0.1) is 0 Å². The van der Waals surface area contributed by atoms with Crippen LogP contribution in [-0.4, -0.2) is 11.7 Å². The zero-order valence-corrected chi connectivity index (χ0v) is 9.00. The van der Waals surface area contributed by atoms with Crippen LogP contribution in [0.5, 0.6) is 5.75 Å². The average molecular weight is 209 g/mol. The van der Waals surface area contributed by atoms with Crippen molar-refractivity contribution in [1.82, 2.24) is 0 Å². The van der Waals surface area contributed by atoms with E-state index in [0.717, 1.165) is 0 Å². The van der Waals surface area contributed by atoms with E-state index in [0.29, 0.717) is 18.0 Å². The number of rotatable bonds is 2. The Morgan fingerprint density at radius 2 is 2.13 bits per heavy atom. The van der Waals surface area contributed by atoms with Crippen LogP contribution in [0.1, 0.15) is 25.3 Å². The zero-order valence-electron chi connectivity index (χ0n) is 9.00. The standard InChI is InChI=1S/C12H16FNO/c1-12(2)9(6-14)11(12)8-5-7(13)3-4-10(8)15/h3-5,9,11,15H,6,14H2,1-2H3. The summed E-state index contributed by atoms with van der Waals surface area (Å²) in [5.74, 6) is 0.384. The molecule has 3 heteroatoms. The van der Waals surface area contributed by atoms with Crippen molar-refractivity contribution in [2.45, 2.75) is 19.8 Å². The lowest BCUT2D eigenvalue weighted by atomic mass is 10.0. The van der Waals surface area contributed by atoms with Crippen molar-refractivity contribution in [1.29, 1.82) is 0 Å². The number of phenols is 1. The minimum absolute atomic E-state index is 0.0695. The summed E-state index contributed by atoms with van der Waals surface area (Å²) in [5, 5.41) is 9.68.